The molecule has 0 aliphatic rings. The predicted molar refractivity (Wildman–Crippen MR) is 130 cm³/mol. The van der Waals surface area contributed by atoms with E-state index in [4.69, 9.17) is 0 Å². The number of benzene rings is 1. The molecule has 33 heteroatoms. The Morgan fingerprint density at radius 3 is 1.21 bits per heavy atom. The van der Waals surface area contributed by atoms with Crippen LogP contribution in [0.2, 0.25) is 0 Å². The number of halogens is 25. The summed E-state index contributed by atoms with van der Waals surface area (Å²) in [6.07, 6.45) is -7.68. The van der Waals surface area contributed by atoms with Gasteiger partial charge in [0.05, 0.1) is 22.5 Å². The quantitative estimate of drug-likeness (QED) is 0.0585. The van der Waals surface area contributed by atoms with Gasteiger partial charge in [0.15, 0.2) is 6.73 Å². The van der Waals surface area contributed by atoms with Crippen molar-refractivity contribution in [3.63, 3.8) is 0 Å². The molecule has 0 heterocycles. The minimum atomic E-state index is -9.83. The van der Waals surface area contributed by atoms with Crippen molar-refractivity contribution in [3.8, 4) is 0 Å². The average molecular weight is 907 g/mol. The van der Waals surface area contributed by atoms with Crippen molar-refractivity contribution < 1.29 is 134 Å². The Balaban J connectivity index is 4.32. The standard InChI is InChI=1S/C25H10F25N3O5/c1-7-3-9(51-4-54)10(13(57)53-6-58-8(2)56)11(12(7)52-5-55)14(26,27)15(28,29)16(30,31)17(32,33)18(34,35)19(36,37)20(38,39)21(40,41)22(42,43)23(44,45)24(46,47)25(48,49)50/h3H,6H2,1-2H3,(H,53,57). The average Bonchev–Trinajstić information content (AvgIpc) is 3.04. The largest absolute Gasteiger partial charge is 0.460 e. The lowest BCUT2D eigenvalue weighted by atomic mass is 9.82. The summed E-state index contributed by atoms with van der Waals surface area (Å²) in [5.74, 6) is -106. The van der Waals surface area contributed by atoms with Gasteiger partial charge in [-0.05, 0) is 18.6 Å². The summed E-state index contributed by atoms with van der Waals surface area (Å²) in [5, 5.41) is 1.14. The predicted octanol–water partition coefficient (Wildman–Crippen LogP) is 9.19. The normalized spacial score (nSPS) is 14.7. The highest BCUT2D eigenvalue weighted by Gasteiger charge is 2.99. The molecule has 330 valence electrons. The van der Waals surface area contributed by atoms with E-state index in [9.17, 15) is 111 Å². The van der Waals surface area contributed by atoms with Crippen molar-refractivity contribution in [1.29, 1.82) is 0 Å². The number of nitrogens with zero attached hydrogens (tertiary/aromatic N) is 2. The molecule has 1 N–H and O–H groups in total. The van der Waals surface area contributed by atoms with Crippen molar-refractivity contribution in [3.05, 3.63) is 22.8 Å². The molecule has 0 radical (unpaired) electrons. The van der Waals surface area contributed by atoms with Gasteiger partial charge in [-0.25, -0.2) is 9.59 Å². The molecule has 8 nitrogen and oxygen atoms in total. The second-order valence-corrected chi connectivity index (χ2v) is 10.8. The number of amides is 1. The Bertz CT molecular complexity index is 1880. The number of aryl methyl sites for hydroxylation is 1. The number of hydrogen-bond acceptors (Lipinski definition) is 7. The zero-order valence-electron chi connectivity index (χ0n) is 26.7. The summed E-state index contributed by atoms with van der Waals surface area (Å²) in [5.41, 5.74) is -11.7. The summed E-state index contributed by atoms with van der Waals surface area (Å²) in [4.78, 5) is 49.9. The van der Waals surface area contributed by atoms with Gasteiger partial charge in [0.1, 0.15) is 0 Å². The van der Waals surface area contributed by atoms with Crippen LogP contribution in [0.4, 0.5) is 121 Å². The zero-order chi connectivity index (χ0) is 46.7. The lowest BCUT2D eigenvalue weighted by Crippen LogP contribution is -2.78. The molecular weight excluding hydrogens is 897 g/mol. The summed E-state index contributed by atoms with van der Waals surface area (Å²) in [7, 11) is 0. The number of hydrogen-bond donors (Lipinski definition) is 1. The second-order valence-electron chi connectivity index (χ2n) is 10.8. The number of ether oxygens (including phenoxy) is 1. The lowest BCUT2D eigenvalue weighted by Gasteiger charge is -2.45. The molecule has 58 heavy (non-hydrogen) atoms. The Kier molecular flexibility index (Phi) is 13.0. The van der Waals surface area contributed by atoms with Gasteiger partial charge >= 0.3 is 77.3 Å². The number of rotatable bonds is 16. The first kappa shape index (κ1) is 51.2. The molecule has 0 unspecified atom stereocenters. The highest BCUT2D eigenvalue weighted by Crippen LogP contribution is 2.68. The first-order chi connectivity index (χ1) is 25.4. The minimum Gasteiger partial charge on any atom is -0.445 e. The first-order valence-electron chi connectivity index (χ1n) is 13.4. The molecule has 1 aromatic carbocycles. The van der Waals surface area contributed by atoms with Crippen molar-refractivity contribution in [2.24, 2.45) is 9.98 Å². The van der Waals surface area contributed by atoms with Gasteiger partial charge in [-0.2, -0.15) is 120 Å². The fourth-order valence-corrected chi connectivity index (χ4v) is 4.05. The van der Waals surface area contributed by atoms with Gasteiger partial charge in [0, 0.05) is 6.92 Å². The third kappa shape index (κ3) is 6.95. The van der Waals surface area contributed by atoms with E-state index in [0.717, 1.165) is 5.32 Å². The summed E-state index contributed by atoms with van der Waals surface area (Å²) in [6, 6.07) is 0.0349. The van der Waals surface area contributed by atoms with Gasteiger partial charge in [-0.15, -0.1) is 0 Å². The molecule has 0 aromatic heterocycles. The Morgan fingerprint density at radius 2 is 0.897 bits per heavy atom. The number of esters is 1. The molecule has 0 saturated carbocycles. The van der Waals surface area contributed by atoms with Gasteiger partial charge in [0.25, 0.3) is 5.91 Å². The molecule has 0 aliphatic heterocycles. The van der Waals surface area contributed by atoms with E-state index in [1.165, 1.54) is 0 Å². The molecule has 0 saturated heterocycles. The van der Waals surface area contributed by atoms with Crippen LogP contribution in [0.25, 0.3) is 0 Å². The van der Waals surface area contributed by atoms with E-state index in [0.29, 0.717) is 13.0 Å². The number of isocyanates is 2. The van der Waals surface area contributed by atoms with E-state index in [1.54, 1.807) is 0 Å². The molecule has 0 spiro atoms. The van der Waals surface area contributed by atoms with Crippen LogP contribution in [0.15, 0.2) is 16.1 Å². The van der Waals surface area contributed by atoms with Crippen molar-refractivity contribution in [2.75, 3.05) is 6.73 Å². The molecule has 0 fully saturated rings. The van der Waals surface area contributed by atoms with Crippen molar-refractivity contribution in [2.45, 2.75) is 85.2 Å². The number of aliphatic imine (C=N–C) groups is 2. The fraction of sp³-hybridized carbons (Fsp3) is 0.600. The highest BCUT2D eigenvalue weighted by molar-refractivity contribution is 6.03. The van der Waals surface area contributed by atoms with Gasteiger partial charge < -0.3 is 10.1 Å². The van der Waals surface area contributed by atoms with Gasteiger partial charge in [0.2, 0.25) is 12.2 Å². The smallest absolute Gasteiger partial charge is 0.445 e. The van der Waals surface area contributed by atoms with Crippen molar-refractivity contribution in [1.82, 2.24) is 5.32 Å². The highest BCUT2D eigenvalue weighted by atomic mass is 19.4. The number of carbonyl (C=O) groups is 2. The van der Waals surface area contributed by atoms with Crippen LogP contribution in [0.3, 0.4) is 0 Å². The van der Waals surface area contributed by atoms with Crippen molar-refractivity contribution >= 4 is 35.4 Å². The number of carbonyl (C=O) groups excluding carboxylic acids is 4. The molecule has 1 aromatic rings. The summed E-state index contributed by atoms with van der Waals surface area (Å²) in [6.45, 7) is -0.817. The van der Waals surface area contributed by atoms with E-state index in [-0.39, 0.29) is 19.1 Å². The maximum atomic E-state index is 15.6. The zero-order valence-corrected chi connectivity index (χ0v) is 26.7. The maximum Gasteiger partial charge on any atom is 0.460 e. The SMILES string of the molecule is CC(=O)OCNC(=O)c1c(N=C=O)cc(C)c(N=C=O)c1C(F)(F)C(F)(F)C(F)(F)C(F)(F)C(F)(F)C(F)(F)C(F)(F)C(F)(F)C(F)(F)C(F)(F)C(F)(F)C(F)(F)F. The fourth-order valence-electron chi connectivity index (χ4n) is 4.05. The van der Waals surface area contributed by atoms with Crippen LogP contribution in [-0.2, 0) is 25.0 Å². The number of nitrogens with one attached hydrogen (secondary N) is 1. The topological polar surface area (TPSA) is 114 Å². The Morgan fingerprint density at radius 1 is 0.569 bits per heavy atom. The monoisotopic (exact) mass is 907 g/mol. The number of alkyl halides is 25. The molecule has 0 bridgehead atoms. The molecule has 1 amide bonds. The van der Waals surface area contributed by atoms with Crippen LogP contribution in [0, 0.1) is 6.92 Å². The Hall–Kier alpha value is -4.83. The minimum absolute atomic E-state index is 0.0349. The third-order valence-electron chi connectivity index (χ3n) is 7.14. The van der Waals surface area contributed by atoms with Crippen LogP contribution in [0.1, 0.15) is 28.4 Å². The molecule has 1 rings (SSSR count). The van der Waals surface area contributed by atoms with E-state index in [1.807, 2.05) is 0 Å². The summed E-state index contributed by atoms with van der Waals surface area (Å²) < 4.78 is 354. The van der Waals surface area contributed by atoms with Crippen LogP contribution >= 0.6 is 0 Å². The van der Waals surface area contributed by atoms with E-state index >= 15 is 17.6 Å². The molecule has 0 atom stereocenters. The van der Waals surface area contributed by atoms with Crippen LogP contribution in [-0.4, -0.2) is 96.2 Å². The summed E-state index contributed by atoms with van der Waals surface area (Å²) >= 11 is 0. The third-order valence-corrected chi connectivity index (χ3v) is 7.14. The van der Waals surface area contributed by atoms with E-state index < -0.39 is 118 Å². The maximum absolute atomic E-state index is 15.6. The first-order valence-corrected chi connectivity index (χ1v) is 13.4. The second kappa shape index (κ2) is 14.8. The lowest BCUT2D eigenvalue weighted by molar-refractivity contribution is -0.482. The molecular formula is C25H10F25N3O5. The van der Waals surface area contributed by atoms with Crippen LogP contribution < -0.4 is 5.32 Å². The molecule has 0 aliphatic carbocycles. The van der Waals surface area contributed by atoms with Gasteiger partial charge in [-0.1, -0.05) is 0 Å². The van der Waals surface area contributed by atoms with Gasteiger partial charge in [-0.3, -0.25) is 9.59 Å². The Labute approximate surface area is 300 Å². The van der Waals surface area contributed by atoms with E-state index in [2.05, 4.69) is 14.7 Å². The van der Waals surface area contributed by atoms with Crippen LogP contribution in [0.5, 0.6) is 0 Å².